The van der Waals surface area contributed by atoms with Crippen LogP contribution in [0.5, 0.6) is 11.5 Å². The minimum atomic E-state index is -0.0672. The van der Waals surface area contributed by atoms with Crippen LogP contribution in [0.25, 0.3) is 10.6 Å². The highest BCUT2D eigenvalue weighted by Crippen LogP contribution is 2.37. The number of amides is 1. The molecule has 1 unspecified atom stereocenters. The van der Waals surface area contributed by atoms with E-state index in [-0.39, 0.29) is 31.1 Å². The third-order valence-corrected chi connectivity index (χ3v) is 4.69. The van der Waals surface area contributed by atoms with E-state index in [1.165, 1.54) is 11.3 Å². The molecule has 1 aliphatic rings. The Morgan fingerprint density at radius 1 is 1.43 bits per heavy atom. The molecule has 1 aliphatic heterocycles. The predicted octanol–water partition coefficient (Wildman–Crippen LogP) is 2.38. The number of thiazole rings is 1. The van der Waals surface area contributed by atoms with E-state index >= 15 is 0 Å². The van der Waals surface area contributed by atoms with Gasteiger partial charge in [-0.1, -0.05) is 0 Å². The normalized spacial score (nSPS) is 13.3. The van der Waals surface area contributed by atoms with Crippen molar-refractivity contribution in [2.75, 3.05) is 20.4 Å². The van der Waals surface area contributed by atoms with Gasteiger partial charge in [0, 0.05) is 25.2 Å². The second-order valence-electron chi connectivity index (χ2n) is 5.10. The average Bonchev–Trinajstić information content (AvgIpc) is 3.20. The lowest BCUT2D eigenvalue weighted by atomic mass is 10.2. The smallest absolute Gasteiger partial charge is 0.265 e. The number of hydrogen-bond donors (Lipinski definition) is 1. The molecule has 0 spiro atoms. The van der Waals surface area contributed by atoms with E-state index in [9.17, 15) is 4.79 Å². The van der Waals surface area contributed by atoms with Crippen LogP contribution in [-0.2, 0) is 0 Å². The summed E-state index contributed by atoms with van der Waals surface area (Å²) in [6, 6.07) is 5.63. The summed E-state index contributed by atoms with van der Waals surface area (Å²) in [5.74, 6) is 1.37. The lowest BCUT2D eigenvalue weighted by Crippen LogP contribution is -2.39. The van der Waals surface area contributed by atoms with Crippen molar-refractivity contribution in [3.8, 4) is 22.1 Å². The molecule has 1 aromatic carbocycles. The van der Waals surface area contributed by atoms with E-state index in [4.69, 9.17) is 15.2 Å². The van der Waals surface area contributed by atoms with Gasteiger partial charge in [-0.3, -0.25) is 4.79 Å². The molecule has 6 nitrogen and oxygen atoms in total. The summed E-state index contributed by atoms with van der Waals surface area (Å²) in [6.07, 6.45) is 1.60. The van der Waals surface area contributed by atoms with Gasteiger partial charge in [0.25, 0.3) is 5.91 Å². The Bertz CT molecular complexity index is 707. The Balaban J connectivity index is 0.00000192. The Labute approximate surface area is 144 Å². The number of fused-ring (bicyclic) bond motifs is 1. The molecule has 124 valence electrons. The first-order valence-corrected chi connectivity index (χ1v) is 7.75. The Morgan fingerprint density at radius 2 is 2.17 bits per heavy atom. The monoisotopic (exact) mass is 355 g/mol. The number of rotatable bonds is 4. The van der Waals surface area contributed by atoms with Gasteiger partial charge >= 0.3 is 0 Å². The molecule has 1 amide bonds. The summed E-state index contributed by atoms with van der Waals surface area (Å²) in [5, 5.41) is 0.774. The van der Waals surface area contributed by atoms with Gasteiger partial charge < -0.3 is 20.1 Å². The van der Waals surface area contributed by atoms with Crippen LogP contribution in [0.3, 0.4) is 0 Å². The molecule has 2 aromatic rings. The number of nitrogens with zero attached hydrogens (tertiary/aromatic N) is 2. The van der Waals surface area contributed by atoms with Crippen LogP contribution in [0.15, 0.2) is 24.4 Å². The van der Waals surface area contributed by atoms with Crippen LogP contribution in [-0.4, -0.2) is 42.2 Å². The zero-order valence-electron chi connectivity index (χ0n) is 12.8. The molecule has 2 heterocycles. The molecule has 0 fully saturated rings. The zero-order chi connectivity index (χ0) is 15.7. The summed E-state index contributed by atoms with van der Waals surface area (Å²) in [5.41, 5.74) is 6.51. The topological polar surface area (TPSA) is 77.7 Å². The highest BCUT2D eigenvalue weighted by Gasteiger charge is 2.20. The second-order valence-corrected chi connectivity index (χ2v) is 6.13. The maximum Gasteiger partial charge on any atom is 0.265 e. The third kappa shape index (κ3) is 3.41. The van der Waals surface area contributed by atoms with Crippen LogP contribution in [0.4, 0.5) is 0 Å². The first-order chi connectivity index (χ1) is 10.6. The highest BCUT2D eigenvalue weighted by atomic mass is 35.5. The molecule has 2 N–H and O–H groups in total. The predicted molar refractivity (Wildman–Crippen MR) is 91.5 cm³/mol. The molecular weight excluding hydrogens is 338 g/mol. The minimum Gasteiger partial charge on any atom is -0.454 e. The number of ether oxygens (including phenoxy) is 2. The van der Waals surface area contributed by atoms with Gasteiger partial charge in [-0.2, -0.15) is 0 Å². The Kier molecular flexibility index (Phi) is 5.46. The van der Waals surface area contributed by atoms with Gasteiger partial charge in [-0.05, 0) is 25.1 Å². The maximum atomic E-state index is 12.4. The number of nitrogens with two attached hydrogens (primary N) is 1. The minimum absolute atomic E-state index is 0. The summed E-state index contributed by atoms with van der Waals surface area (Å²) in [6.45, 7) is 2.58. The molecule has 1 atom stereocenters. The molecule has 0 radical (unpaired) electrons. The number of carbonyl (C=O) groups excluding carboxylic acids is 1. The zero-order valence-corrected chi connectivity index (χ0v) is 14.4. The Morgan fingerprint density at radius 3 is 2.91 bits per heavy atom. The van der Waals surface area contributed by atoms with Crippen LogP contribution in [0.2, 0.25) is 0 Å². The number of hydrogen-bond acceptors (Lipinski definition) is 6. The quantitative estimate of drug-likeness (QED) is 0.911. The first-order valence-electron chi connectivity index (χ1n) is 6.93. The molecule has 0 aliphatic carbocycles. The van der Waals surface area contributed by atoms with E-state index < -0.39 is 0 Å². The van der Waals surface area contributed by atoms with E-state index in [2.05, 4.69) is 4.98 Å². The lowest BCUT2D eigenvalue weighted by molar-refractivity contribution is 0.0753. The van der Waals surface area contributed by atoms with E-state index in [0.717, 1.165) is 16.3 Å². The van der Waals surface area contributed by atoms with Gasteiger partial charge in [0.1, 0.15) is 9.88 Å². The first kappa shape index (κ1) is 17.5. The van der Waals surface area contributed by atoms with E-state index in [0.29, 0.717) is 17.2 Å². The lowest BCUT2D eigenvalue weighted by Gasteiger charge is -2.22. The van der Waals surface area contributed by atoms with Crippen LogP contribution in [0.1, 0.15) is 16.6 Å². The number of benzene rings is 1. The van der Waals surface area contributed by atoms with E-state index in [1.807, 2.05) is 25.1 Å². The van der Waals surface area contributed by atoms with Gasteiger partial charge in [0.15, 0.2) is 11.5 Å². The largest absolute Gasteiger partial charge is 0.454 e. The third-order valence-electron chi connectivity index (χ3n) is 3.66. The van der Waals surface area contributed by atoms with Crippen LogP contribution >= 0.6 is 23.7 Å². The van der Waals surface area contributed by atoms with Gasteiger partial charge in [0.2, 0.25) is 6.79 Å². The van der Waals surface area contributed by atoms with Gasteiger partial charge in [-0.15, -0.1) is 23.7 Å². The number of likely N-dealkylation sites (N-methyl/N-ethyl adjacent to an activating group) is 1. The fourth-order valence-corrected chi connectivity index (χ4v) is 2.96. The number of halogens is 1. The van der Waals surface area contributed by atoms with Gasteiger partial charge in [0.05, 0.1) is 6.20 Å². The second kappa shape index (κ2) is 7.16. The molecule has 0 saturated carbocycles. The van der Waals surface area contributed by atoms with Crippen molar-refractivity contribution in [3.63, 3.8) is 0 Å². The fraction of sp³-hybridized carbons (Fsp3) is 0.333. The summed E-state index contributed by atoms with van der Waals surface area (Å²) in [4.78, 5) is 18.9. The molecule has 23 heavy (non-hydrogen) atoms. The molecule has 0 saturated heterocycles. The highest BCUT2D eigenvalue weighted by molar-refractivity contribution is 7.16. The standard InChI is InChI=1S/C15H17N3O3S.ClH/c1-9(6-16)18(2)15(19)13-7-17-14(22-13)10-3-4-11-12(5-10)21-8-20-11;/h3-5,7,9H,6,8,16H2,1-2H3;1H. The van der Waals surface area contributed by atoms with Crippen LogP contribution in [0, 0.1) is 0 Å². The SMILES string of the molecule is CC(CN)N(C)C(=O)c1cnc(-c2ccc3c(c2)OCO3)s1.Cl. The molecular formula is C15H18ClN3O3S. The Hall–Kier alpha value is -1.83. The summed E-state index contributed by atoms with van der Waals surface area (Å²) >= 11 is 1.36. The average molecular weight is 356 g/mol. The van der Waals surface area contributed by atoms with Crippen molar-refractivity contribution in [3.05, 3.63) is 29.3 Å². The maximum absolute atomic E-state index is 12.4. The van der Waals surface area contributed by atoms with Crippen molar-refractivity contribution in [1.82, 2.24) is 9.88 Å². The van der Waals surface area contributed by atoms with Crippen molar-refractivity contribution in [2.45, 2.75) is 13.0 Å². The van der Waals surface area contributed by atoms with Crippen molar-refractivity contribution in [2.24, 2.45) is 5.73 Å². The summed E-state index contributed by atoms with van der Waals surface area (Å²) < 4.78 is 10.7. The fourth-order valence-electron chi connectivity index (χ4n) is 2.07. The molecule has 1 aromatic heterocycles. The molecule has 3 rings (SSSR count). The summed E-state index contributed by atoms with van der Waals surface area (Å²) in [7, 11) is 1.75. The number of carbonyl (C=O) groups is 1. The van der Waals surface area contributed by atoms with Crippen molar-refractivity contribution < 1.29 is 14.3 Å². The molecule has 0 bridgehead atoms. The number of aromatic nitrogens is 1. The van der Waals surface area contributed by atoms with E-state index in [1.54, 1.807) is 18.1 Å². The molecule has 8 heteroatoms. The van der Waals surface area contributed by atoms with Crippen LogP contribution < -0.4 is 15.2 Å². The van der Waals surface area contributed by atoms with Crippen molar-refractivity contribution >= 4 is 29.7 Å². The van der Waals surface area contributed by atoms with Gasteiger partial charge in [-0.25, -0.2) is 4.98 Å². The van der Waals surface area contributed by atoms with Crippen molar-refractivity contribution in [1.29, 1.82) is 0 Å².